The van der Waals surface area contributed by atoms with E-state index in [2.05, 4.69) is 20.2 Å². The molecule has 90 valence electrons. The molecule has 0 radical (unpaired) electrons. The Morgan fingerprint density at radius 2 is 1.94 bits per heavy atom. The van der Waals surface area contributed by atoms with Crippen LogP contribution in [-0.4, -0.2) is 42.1 Å². The van der Waals surface area contributed by atoms with E-state index in [-0.39, 0.29) is 5.69 Å². The third-order valence-electron chi connectivity index (χ3n) is 3.60. The number of primary amides is 1. The van der Waals surface area contributed by atoms with Crippen LogP contribution in [0.5, 0.6) is 0 Å². The highest BCUT2D eigenvalue weighted by Gasteiger charge is 2.37. The van der Waals surface area contributed by atoms with E-state index in [4.69, 9.17) is 5.73 Å². The number of nitrogens with one attached hydrogen (secondary N) is 1. The number of hydrogen-bond donors (Lipinski definition) is 2. The van der Waals surface area contributed by atoms with Crippen molar-refractivity contribution in [3.05, 3.63) is 18.1 Å². The number of fused-ring (bicyclic) bond motifs is 1. The van der Waals surface area contributed by atoms with Gasteiger partial charge in [-0.05, 0) is 11.8 Å². The molecule has 0 spiro atoms. The zero-order valence-corrected chi connectivity index (χ0v) is 9.47. The van der Waals surface area contributed by atoms with Crippen LogP contribution in [0.2, 0.25) is 0 Å². The van der Waals surface area contributed by atoms with Crippen LogP contribution in [0.1, 0.15) is 10.5 Å². The predicted octanol–water partition coefficient (Wildman–Crippen LogP) is -0.769. The molecule has 2 aliphatic heterocycles. The maximum Gasteiger partial charge on any atom is 0.271 e. The van der Waals surface area contributed by atoms with Gasteiger partial charge in [0.25, 0.3) is 5.91 Å². The minimum absolute atomic E-state index is 0.278. The number of hydrogen-bond acceptors (Lipinski definition) is 5. The highest BCUT2D eigenvalue weighted by atomic mass is 16.1. The van der Waals surface area contributed by atoms with Crippen molar-refractivity contribution in [1.29, 1.82) is 0 Å². The molecule has 0 aromatic carbocycles. The molecule has 2 aliphatic rings. The maximum absolute atomic E-state index is 11.3. The number of amides is 1. The van der Waals surface area contributed by atoms with Crippen molar-refractivity contribution < 1.29 is 4.79 Å². The fourth-order valence-electron chi connectivity index (χ4n) is 2.76. The monoisotopic (exact) mass is 233 g/mol. The van der Waals surface area contributed by atoms with Gasteiger partial charge in [-0.15, -0.1) is 0 Å². The quantitative estimate of drug-likeness (QED) is 0.701. The molecule has 0 aliphatic carbocycles. The van der Waals surface area contributed by atoms with Crippen molar-refractivity contribution in [3.63, 3.8) is 0 Å². The lowest BCUT2D eigenvalue weighted by molar-refractivity contribution is 0.0995. The van der Waals surface area contributed by atoms with Crippen molar-refractivity contribution in [2.45, 2.75) is 0 Å². The van der Waals surface area contributed by atoms with Gasteiger partial charge in [0.05, 0.1) is 0 Å². The van der Waals surface area contributed by atoms with Crippen molar-refractivity contribution >= 4 is 11.7 Å². The van der Waals surface area contributed by atoms with E-state index < -0.39 is 5.91 Å². The Morgan fingerprint density at radius 1 is 1.29 bits per heavy atom. The number of nitrogens with zero attached hydrogens (tertiary/aromatic N) is 3. The first kappa shape index (κ1) is 10.5. The predicted molar refractivity (Wildman–Crippen MR) is 62.6 cm³/mol. The van der Waals surface area contributed by atoms with E-state index in [0.29, 0.717) is 17.7 Å². The summed E-state index contributed by atoms with van der Waals surface area (Å²) >= 11 is 0. The number of carbonyl (C=O) groups is 1. The Kier molecular flexibility index (Phi) is 2.44. The number of carbonyl (C=O) groups excluding carboxylic acids is 1. The van der Waals surface area contributed by atoms with Crippen LogP contribution < -0.4 is 16.0 Å². The van der Waals surface area contributed by atoms with E-state index in [1.54, 1.807) is 6.20 Å². The van der Waals surface area contributed by atoms with Crippen LogP contribution in [0.15, 0.2) is 12.4 Å². The van der Waals surface area contributed by atoms with Gasteiger partial charge in [-0.1, -0.05) is 0 Å². The SMILES string of the molecule is NC(=O)c1nccnc1N1CC2CNCC2C1. The van der Waals surface area contributed by atoms with Crippen molar-refractivity contribution in [1.82, 2.24) is 15.3 Å². The van der Waals surface area contributed by atoms with Crippen LogP contribution >= 0.6 is 0 Å². The summed E-state index contributed by atoms with van der Waals surface area (Å²) in [7, 11) is 0. The van der Waals surface area contributed by atoms with Crippen LogP contribution in [0, 0.1) is 11.8 Å². The molecule has 0 saturated carbocycles. The zero-order chi connectivity index (χ0) is 11.8. The summed E-state index contributed by atoms with van der Waals surface area (Å²) in [4.78, 5) is 21.7. The van der Waals surface area contributed by atoms with Gasteiger partial charge in [0, 0.05) is 38.6 Å². The second kappa shape index (κ2) is 3.96. The van der Waals surface area contributed by atoms with E-state index in [1.807, 2.05) is 0 Å². The summed E-state index contributed by atoms with van der Waals surface area (Å²) < 4.78 is 0. The topological polar surface area (TPSA) is 84.1 Å². The van der Waals surface area contributed by atoms with Gasteiger partial charge in [0.2, 0.25) is 0 Å². The summed E-state index contributed by atoms with van der Waals surface area (Å²) in [5, 5.41) is 3.38. The number of aromatic nitrogens is 2. The summed E-state index contributed by atoms with van der Waals surface area (Å²) in [6, 6.07) is 0. The van der Waals surface area contributed by atoms with Gasteiger partial charge >= 0.3 is 0 Å². The molecular weight excluding hydrogens is 218 g/mol. The Morgan fingerprint density at radius 3 is 2.59 bits per heavy atom. The van der Waals surface area contributed by atoms with Crippen molar-refractivity contribution in [2.75, 3.05) is 31.1 Å². The average Bonchev–Trinajstić information content (AvgIpc) is 2.88. The third-order valence-corrected chi connectivity index (χ3v) is 3.60. The highest BCUT2D eigenvalue weighted by molar-refractivity contribution is 5.95. The smallest absolute Gasteiger partial charge is 0.271 e. The second-order valence-corrected chi connectivity index (χ2v) is 4.68. The third kappa shape index (κ3) is 1.74. The standard InChI is InChI=1S/C11H15N5O/c12-10(17)9-11(15-2-1-14-9)16-5-7-3-13-4-8(7)6-16/h1-2,7-8,13H,3-6H2,(H2,12,17). The molecular formula is C11H15N5O. The van der Waals surface area contributed by atoms with Gasteiger partial charge in [0.1, 0.15) is 0 Å². The van der Waals surface area contributed by atoms with E-state index >= 15 is 0 Å². The lowest BCUT2D eigenvalue weighted by atomic mass is 10.0. The molecule has 0 bridgehead atoms. The molecule has 2 atom stereocenters. The lowest BCUT2D eigenvalue weighted by Gasteiger charge is -2.19. The second-order valence-electron chi connectivity index (χ2n) is 4.68. The molecule has 6 heteroatoms. The Bertz CT molecular complexity index is 437. The normalized spacial score (nSPS) is 27.2. The Labute approximate surface area is 99.2 Å². The molecule has 2 unspecified atom stereocenters. The van der Waals surface area contributed by atoms with Gasteiger partial charge in [-0.3, -0.25) is 4.79 Å². The average molecular weight is 233 g/mol. The first-order valence-corrected chi connectivity index (χ1v) is 5.82. The lowest BCUT2D eigenvalue weighted by Crippen LogP contribution is -2.29. The summed E-state index contributed by atoms with van der Waals surface area (Å²) in [5.41, 5.74) is 5.60. The van der Waals surface area contributed by atoms with Gasteiger partial charge in [0.15, 0.2) is 11.5 Å². The van der Waals surface area contributed by atoms with Crippen LogP contribution in [0.3, 0.4) is 0 Å². The number of nitrogens with two attached hydrogens (primary N) is 1. The summed E-state index contributed by atoms with van der Waals surface area (Å²) in [6.07, 6.45) is 3.11. The van der Waals surface area contributed by atoms with E-state index in [0.717, 1.165) is 26.2 Å². The van der Waals surface area contributed by atoms with Gasteiger partial charge in [-0.2, -0.15) is 0 Å². The Balaban J connectivity index is 1.88. The van der Waals surface area contributed by atoms with Crippen molar-refractivity contribution in [2.24, 2.45) is 17.6 Å². The molecule has 3 heterocycles. The maximum atomic E-state index is 11.3. The first-order valence-electron chi connectivity index (χ1n) is 5.82. The zero-order valence-electron chi connectivity index (χ0n) is 9.47. The molecule has 2 saturated heterocycles. The summed E-state index contributed by atoms with van der Waals surface area (Å²) in [6.45, 7) is 3.95. The van der Waals surface area contributed by atoms with E-state index in [1.165, 1.54) is 6.20 Å². The van der Waals surface area contributed by atoms with Crippen LogP contribution in [0.4, 0.5) is 5.82 Å². The largest absolute Gasteiger partial charge is 0.364 e. The molecule has 2 fully saturated rings. The van der Waals surface area contributed by atoms with Crippen LogP contribution in [0.25, 0.3) is 0 Å². The highest BCUT2D eigenvalue weighted by Crippen LogP contribution is 2.30. The molecule has 1 aromatic rings. The molecule has 3 rings (SSSR count). The van der Waals surface area contributed by atoms with Gasteiger partial charge < -0.3 is 16.0 Å². The fraction of sp³-hybridized carbons (Fsp3) is 0.545. The first-order chi connectivity index (χ1) is 8.25. The molecule has 6 nitrogen and oxygen atoms in total. The van der Waals surface area contributed by atoms with E-state index in [9.17, 15) is 4.79 Å². The Hall–Kier alpha value is -1.69. The van der Waals surface area contributed by atoms with Crippen LogP contribution in [-0.2, 0) is 0 Å². The molecule has 1 amide bonds. The summed E-state index contributed by atoms with van der Waals surface area (Å²) in [5.74, 6) is 1.42. The fourth-order valence-corrected chi connectivity index (χ4v) is 2.76. The minimum atomic E-state index is -0.511. The minimum Gasteiger partial charge on any atom is -0.364 e. The number of anilines is 1. The van der Waals surface area contributed by atoms with Gasteiger partial charge in [-0.25, -0.2) is 9.97 Å². The molecule has 3 N–H and O–H groups in total. The van der Waals surface area contributed by atoms with Crippen molar-refractivity contribution in [3.8, 4) is 0 Å². The molecule has 1 aromatic heterocycles. The molecule has 17 heavy (non-hydrogen) atoms. The number of rotatable bonds is 2.